The fourth-order valence-electron chi connectivity index (χ4n) is 5.15. The first-order valence-corrected chi connectivity index (χ1v) is 14.6. The van der Waals surface area contributed by atoms with Crippen molar-refractivity contribution in [3.63, 3.8) is 0 Å². The van der Waals surface area contributed by atoms with Gasteiger partial charge >= 0.3 is 5.97 Å². The molecular formula is C33H48O3. The van der Waals surface area contributed by atoms with Crippen LogP contribution < -0.4 is 9.47 Å². The van der Waals surface area contributed by atoms with Gasteiger partial charge in [-0.05, 0) is 72.6 Å². The van der Waals surface area contributed by atoms with Gasteiger partial charge in [-0.25, -0.2) is 4.79 Å². The second-order valence-corrected chi connectivity index (χ2v) is 11.0. The van der Waals surface area contributed by atoms with E-state index in [1.807, 2.05) is 24.3 Å². The highest BCUT2D eigenvalue weighted by atomic mass is 16.5. The standard InChI is InChI=1S/C33H48O3/c1-4-6-7-8-9-10-27-11-13-28(14-12-27)15-16-29-17-21-32(22-18-29)36-33(34)30-19-23-31(24-20-30)35-25-26(3)5-2/h17-24,26-28H,4-16,25H2,1-3H3/t26-,27-,28-/m0/s1. The lowest BCUT2D eigenvalue weighted by Gasteiger charge is -2.28. The van der Waals surface area contributed by atoms with Crippen LogP contribution in [0, 0.1) is 17.8 Å². The van der Waals surface area contributed by atoms with Gasteiger partial charge in [0, 0.05) is 0 Å². The van der Waals surface area contributed by atoms with E-state index in [4.69, 9.17) is 9.47 Å². The van der Waals surface area contributed by atoms with Gasteiger partial charge in [0.25, 0.3) is 0 Å². The van der Waals surface area contributed by atoms with Crippen LogP contribution in [0.3, 0.4) is 0 Å². The van der Waals surface area contributed by atoms with Gasteiger partial charge in [-0.15, -0.1) is 0 Å². The van der Waals surface area contributed by atoms with Crippen molar-refractivity contribution in [2.45, 2.75) is 104 Å². The highest BCUT2D eigenvalue weighted by Crippen LogP contribution is 2.34. The molecule has 36 heavy (non-hydrogen) atoms. The summed E-state index contributed by atoms with van der Waals surface area (Å²) in [6.45, 7) is 7.30. The highest BCUT2D eigenvalue weighted by molar-refractivity contribution is 5.91. The van der Waals surface area contributed by atoms with Gasteiger partial charge in [0.2, 0.25) is 0 Å². The molecule has 0 aromatic heterocycles. The van der Waals surface area contributed by atoms with Gasteiger partial charge in [0.15, 0.2) is 0 Å². The average molecular weight is 493 g/mol. The number of hydrogen-bond donors (Lipinski definition) is 0. The largest absolute Gasteiger partial charge is 0.493 e. The number of carbonyl (C=O) groups excluding carboxylic acids is 1. The monoisotopic (exact) mass is 492 g/mol. The van der Waals surface area contributed by atoms with Gasteiger partial charge in [-0.3, -0.25) is 0 Å². The minimum Gasteiger partial charge on any atom is -0.493 e. The van der Waals surface area contributed by atoms with Crippen molar-refractivity contribution in [2.75, 3.05) is 6.61 Å². The molecule has 0 amide bonds. The van der Waals surface area contributed by atoms with E-state index < -0.39 is 0 Å². The Morgan fingerprint density at radius 2 is 1.42 bits per heavy atom. The van der Waals surface area contributed by atoms with Crippen LogP contribution in [0.2, 0.25) is 0 Å². The molecule has 3 rings (SSSR count). The van der Waals surface area contributed by atoms with E-state index in [9.17, 15) is 4.79 Å². The van der Waals surface area contributed by atoms with Crippen LogP contribution in [0.5, 0.6) is 11.5 Å². The molecule has 198 valence electrons. The number of carbonyl (C=O) groups is 1. The second kappa shape index (κ2) is 15.7. The smallest absolute Gasteiger partial charge is 0.343 e. The number of aryl methyl sites for hydroxylation is 1. The van der Waals surface area contributed by atoms with Crippen molar-refractivity contribution in [1.29, 1.82) is 0 Å². The minimum atomic E-state index is -0.335. The summed E-state index contributed by atoms with van der Waals surface area (Å²) in [7, 11) is 0. The van der Waals surface area contributed by atoms with Gasteiger partial charge in [-0.2, -0.15) is 0 Å². The van der Waals surface area contributed by atoms with E-state index >= 15 is 0 Å². The molecule has 3 heteroatoms. The molecule has 2 aromatic carbocycles. The van der Waals surface area contributed by atoms with Crippen LogP contribution in [-0.4, -0.2) is 12.6 Å². The lowest BCUT2D eigenvalue weighted by atomic mass is 9.78. The molecule has 0 heterocycles. The van der Waals surface area contributed by atoms with Gasteiger partial charge in [-0.1, -0.05) is 104 Å². The molecule has 1 aliphatic rings. The van der Waals surface area contributed by atoms with E-state index in [0.717, 1.165) is 30.4 Å². The van der Waals surface area contributed by atoms with Gasteiger partial charge in [0.05, 0.1) is 12.2 Å². The summed E-state index contributed by atoms with van der Waals surface area (Å²) < 4.78 is 11.4. The van der Waals surface area contributed by atoms with Crippen molar-refractivity contribution in [3.05, 3.63) is 59.7 Å². The number of ether oxygens (including phenoxy) is 2. The third kappa shape index (κ3) is 9.99. The Morgan fingerprint density at radius 3 is 2.06 bits per heavy atom. The SMILES string of the molecule is CCCCCCC[C@H]1CC[C@H](CCc2ccc(OC(=O)c3ccc(OC[C@@H](C)CC)cc3)cc2)CC1. The lowest BCUT2D eigenvalue weighted by molar-refractivity contribution is 0.0734. The van der Waals surface area contributed by atoms with Crippen LogP contribution in [-0.2, 0) is 6.42 Å². The first-order valence-electron chi connectivity index (χ1n) is 14.6. The summed E-state index contributed by atoms with van der Waals surface area (Å²) in [5.41, 5.74) is 1.86. The zero-order chi connectivity index (χ0) is 25.6. The van der Waals surface area contributed by atoms with Crippen molar-refractivity contribution in [1.82, 2.24) is 0 Å². The molecule has 0 N–H and O–H groups in total. The Hall–Kier alpha value is -2.29. The van der Waals surface area contributed by atoms with Crippen LogP contribution >= 0.6 is 0 Å². The molecular weight excluding hydrogens is 444 g/mol. The molecule has 0 saturated heterocycles. The molecule has 1 aliphatic carbocycles. The second-order valence-electron chi connectivity index (χ2n) is 11.0. The zero-order valence-corrected chi connectivity index (χ0v) is 23.0. The maximum absolute atomic E-state index is 12.5. The quantitative estimate of drug-likeness (QED) is 0.141. The molecule has 0 spiro atoms. The van der Waals surface area contributed by atoms with E-state index in [2.05, 4.69) is 32.9 Å². The van der Waals surface area contributed by atoms with Crippen LogP contribution in [0.25, 0.3) is 0 Å². The molecule has 0 radical (unpaired) electrons. The maximum Gasteiger partial charge on any atom is 0.343 e. The highest BCUT2D eigenvalue weighted by Gasteiger charge is 2.20. The molecule has 0 bridgehead atoms. The molecule has 1 fully saturated rings. The molecule has 0 unspecified atom stereocenters. The predicted octanol–water partition coefficient (Wildman–Crippen LogP) is 9.43. The minimum absolute atomic E-state index is 0.335. The van der Waals surface area contributed by atoms with Crippen LogP contribution in [0.4, 0.5) is 0 Å². The lowest BCUT2D eigenvalue weighted by Crippen LogP contribution is -2.15. The molecule has 0 aliphatic heterocycles. The summed E-state index contributed by atoms with van der Waals surface area (Å²) in [4.78, 5) is 12.5. The third-order valence-corrected chi connectivity index (χ3v) is 7.98. The van der Waals surface area contributed by atoms with E-state index in [-0.39, 0.29) is 5.97 Å². The number of hydrogen-bond acceptors (Lipinski definition) is 3. The average Bonchev–Trinajstić information content (AvgIpc) is 2.92. The number of benzene rings is 2. The van der Waals surface area contributed by atoms with E-state index in [1.165, 1.54) is 76.2 Å². The van der Waals surface area contributed by atoms with Gasteiger partial charge < -0.3 is 9.47 Å². The third-order valence-electron chi connectivity index (χ3n) is 7.98. The first kappa shape index (κ1) is 28.3. The van der Waals surface area contributed by atoms with Crippen LogP contribution in [0.15, 0.2) is 48.5 Å². The van der Waals surface area contributed by atoms with Crippen molar-refractivity contribution < 1.29 is 14.3 Å². The molecule has 1 saturated carbocycles. The Bertz CT molecular complexity index is 863. The maximum atomic E-state index is 12.5. The Labute approximate surface area is 220 Å². The summed E-state index contributed by atoms with van der Waals surface area (Å²) >= 11 is 0. The first-order chi connectivity index (χ1) is 17.6. The van der Waals surface area contributed by atoms with Crippen molar-refractivity contribution in [3.8, 4) is 11.5 Å². The Kier molecular flexibility index (Phi) is 12.4. The molecule has 2 aromatic rings. The number of esters is 1. The van der Waals surface area contributed by atoms with E-state index in [0.29, 0.717) is 23.8 Å². The van der Waals surface area contributed by atoms with Crippen molar-refractivity contribution >= 4 is 5.97 Å². The topological polar surface area (TPSA) is 35.5 Å². The normalized spacial score (nSPS) is 18.5. The fourth-order valence-corrected chi connectivity index (χ4v) is 5.15. The summed E-state index contributed by atoms with van der Waals surface area (Å²) in [5, 5.41) is 0. The number of rotatable bonds is 15. The Morgan fingerprint density at radius 1 is 0.806 bits per heavy atom. The summed E-state index contributed by atoms with van der Waals surface area (Å²) in [5.74, 6) is 3.41. The number of unbranched alkanes of at least 4 members (excludes halogenated alkanes) is 4. The summed E-state index contributed by atoms with van der Waals surface area (Å²) in [6, 6.07) is 15.3. The van der Waals surface area contributed by atoms with Crippen molar-refractivity contribution in [2.24, 2.45) is 17.8 Å². The predicted molar refractivity (Wildman–Crippen MR) is 150 cm³/mol. The molecule has 1 atom stereocenters. The van der Waals surface area contributed by atoms with Gasteiger partial charge in [0.1, 0.15) is 11.5 Å². The van der Waals surface area contributed by atoms with Crippen LogP contribution in [0.1, 0.15) is 114 Å². The zero-order valence-electron chi connectivity index (χ0n) is 23.0. The Balaban J connectivity index is 1.34. The summed E-state index contributed by atoms with van der Waals surface area (Å²) in [6.07, 6.45) is 17.6. The van der Waals surface area contributed by atoms with E-state index in [1.54, 1.807) is 12.1 Å². The fraction of sp³-hybridized carbons (Fsp3) is 0.606. The molecule has 3 nitrogen and oxygen atoms in total.